The van der Waals surface area contributed by atoms with Gasteiger partial charge in [0.25, 0.3) is 0 Å². The van der Waals surface area contributed by atoms with Crippen molar-refractivity contribution < 1.29 is 22.0 Å². The van der Waals surface area contributed by atoms with E-state index in [1.165, 1.54) is 18.2 Å². The van der Waals surface area contributed by atoms with E-state index in [9.17, 15) is 22.0 Å². The Kier molecular flexibility index (Phi) is 7.46. The number of sulfonamides is 1. The summed E-state index contributed by atoms with van der Waals surface area (Å²) < 4.78 is 54.6. The van der Waals surface area contributed by atoms with Crippen LogP contribution in [0, 0.1) is 11.6 Å². The van der Waals surface area contributed by atoms with Crippen molar-refractivity contribution in [2.75, 3.05) is 6.54 Å². The molecule has 9 heteroatoms. The van der Waals surface area contributed by atoms with Crippen molar-refractivity contribution in [2.24, 2.45) is 0 Å². The molecule has 2 aromatic carbocycles. The fourth-order valence-corrected chi connectivity index (χ4v) is 3.72. The summed E-state index contributed by atoms with van der Waals surface area (Å²) in [6, 6.07) is 9.17. The summed E-state index contributed by atoms with van der Waals surface area (Å²) in [6.45, 7) is 1.53. The maximum absolute atomic E-state index is 13.6. The molecule has 0 radical (unpaired) electrons. The third-order valence-electron chi connectivity index (χ3n) is 3.75. The lowest BCUT2D eigenvalue weighted by atomic mass is 10.1. The predicted molar refractivity (Wildman–Crippen MR) is 102 cm³/mol. The molecule has 2 aromatic rings. The smallest absolute Gasteiger partial charge is 0.240 e. The van der Waals surface area contributed by atoms with Gasteiger partial charge in [0.1, 0.15) is 11.6 Å². The molecule has 1 atom stereocenters. The number of carbonyl (C=O) groups excluding carboxylic acids is 1. The van der Waals surface area contributed by atoms with Gasteiger partial charge in [-0.15, -0.1) is 0 Å². The largest absolute Gasteiger partial charge is 0.353 e. The number of hydrogen-bond donors (Lipinski definition) is 2. The lowest BCUT2D eigenvalue weighted by molar-refractivity contribution is -0.121. The molecule has 0 saturated carbocycles. The van der Waals surface area contributed by atoms with Crippen LogP contribution in [-0.4, -0.2) is 26.9 Å². The lowest BCUT2D eigenvalue weighted by Crippen LogP contribution is -2.37. The van der Waals surface area contributed by atoms with Gasteiger partial charge in [-0.1, -0.05) is 22.0 Å². The molecule has 146 valence electrons. The highest BCUT2D eigenvalue weighted by molar-refractivity contribution is 9.10. The van der Waals surface area contributed by atoms with E-state index in [4.69, 9.17) is 0 Å². The van der Waals surface area contributed by atoms with Gasteiger partial charge in [0, 0.05) is 29.0 Å². The molecule has 2 rings (SSSR count). The van der Waals surface area contributed by atoms with E-state index in [1.807, 2.05) is 0 Å². The minimum Gasteiger partial charge on any atom is -0.353 e. The molecule has 0 bridgehead atoms. The average Bonchev–Trinajstić information content (AvgIpc) is 2.58. The third-order valence-corrected chi connectivity index (χ3v) is 5.75. The molecule has 27 heavy (non-hydrogen) atoms. The van der Waals surface area contributed by atoms with Gasteiger partial charge in [-0.3, -0.25) is 4.79 Å². The van der Waals surface area contributed by atoms with Crippen molar-refractivity contribution >= 4 is 31.9 Å². The van der Waals surface area contributed by atoms with E-state index in [1.54, 1.807) is 19.1 Å². The molecular weight excluding hydrogens is 442 g/mol. The van der Waals surface area contributed by atoms with Crippen LogP contribution < -0.4 is 10.0 Å². The van der Waals surface area contributed by atoms with Crippen molar-refractivity contribution in [3.63, 3.8) is 0 Å². The quantitative estimate of drug-likeness (QED) is 0.635. The summed E-state index contributed by atoms with van der Waals surface area (Å²) in [5, 5.41) is 2.60. The van der Waals surface area contributed by atoms with E-state index in [0.717, 1.165) is 16.6 Å². The molecule has 0 aromatic heterocycles. The molecule has 1 amide bonds. The number of hydrogen-bond acceptors (Lipinski definition) is 3. The second-order valence-corrected chi connectivity index (χ2v) is 8.66. The standard InChI is InChI=1S/C18H19BrF2N2O3S/c1-12(11-15-16(20)3-2-4-17(15)21)23-18(24)9-10-22-27(25,26)14-7-5-13(19)6-8-14/h2-8,12,22H,9-11H2,1H3,(H,23,24). The Morgan fingerprint density at radius 1 is 1.11 bits per heavy atom. The highest BCUT2D eigenvalue weighted by Gasteiger charge is 2.16. The van der Waals surface area contributed by atoms with Gasteiger partial charge in [-0.05, 0) is 49.7 Å². The van der Waals surface area contributed by atoms with Crippen molar-refractivity contribution in [1.82, 2.24) is 10.0 Å². The van der Waals surface area contributed by atoms with Gasteiger partial charge in [0.2, 0.25) is 15.9 Å². The van der Waals surface area contributed by atoms with Crippen molar-refractivity contribution in [3.8, 4) is 0 Å². The van der Waals surface area contributed by atoms with Crippen molar-refractivity contribution in [1.29, 1.82) is 0 Å². The van der Waals surface area contributed by atoms with Crippen LogP contribution in [0.15, 0.2) is 51.8 Å². The summed E-state index contributed by atoms with van der Waals surface area (Å²) in [6.07, 6.45) is -0.102. The van der Waals surface area contributed by atoms with Crippen LogP contribution in [0.5, 0.6) is 0 Å². The average molecular weight is 461 g/mol. The Hall–Kier alpha value is -1.84. The molecule has 0 aliphatic rings. The molecule has 0 spiro atoms. The molecule has 0 aliphatic carbocycles. The molecule has 0 saturated heterocycles. The number of carbonyl (C=O) groups is 1. The van der Waals surface area contributed by atoms with E-state index < -0.39 is 33.6 Å². The first-order valence-corrected chi connectivity index (χ1v) is 10.4. The minimum atomic E-state index is -3.71. The van der Waals surface area contributed by atoms with Crippen LogP contribution in [0.3, 0.4) is 0 Å². The fourth-order valence-electron chi connectivity index (χ4n) is 2.43. The van der Waals surface area contributed by atoms with Gasteiger partial charge in [0.15, 0.2) is 0 Å². The normalized spacial score (nSPS) is 12.6. The van der Waals surface area contributed by atoms with Gasteiger partial charge in [0.05, 0.1) is 4.90 Å². The highest BCUT2D eigenvalue weighted by atomic mass is 79.9. The van der Waals surface area contributed by atoms with Crippen molar-refractivity contribution in [3.05, 3.63) is 64.1 Å². The number of halogens is 3. The number of amides is 1. The maximum Gasteiger partial charge on any atom is 0.240 e. The SMILES string of the molecule is CC(Cc1c(F)cccc1F)NC(=O)CCNS(=O)(=O)c1ccc(Br)cc1. The van der Waals surface area contributed by atoms with Crippen molar-refractivity contribution in [2.45, 2.75) is 30.7 Å². The molecule has 5 nitrogen and oxygen atoms in total. The summed E-state index contributed by atoms with van der Waals surface area (Å²) >= 11 is 3.22. The Morgan fingerprint density at radius 3 is 2.30 bits per heavy atom. The van der Waals surface area contributed by atoms with Crippen LogP contribution >= 0.6 is 15.9 Å². The zero-order valence-corrected chi connectivity index (χ0v) is 16.9. The minimum absolute atomic E-state index is 0.00509. The Morgan fingerprint density at radius 2 is 1.70 bits per heavy atom. The second-order valence-electron chi connectivity index (χ2n) is 5.97. The second kappa shape index (κ2) is 9.38. The molecule has 0 heterocycles. The highest BCUT2D eigenvalue weighted by Crippen LogP contribution is 2.15. The topological polar surface area (TPSA) is 75.3 Å². The molecule has 1 unspecified atom stereocenters. The predicted octanol–water partition coefficient (Wildman–Crippen LogP) is 3.14. The first kappa shape index (κ1) is 21.5. The monoisotopic (exact) mass is 460 g/mol. The van der Waals surface area contributed by atoms with E-state index >= 15 is 0 Å². The summed E-state index contributed by atoms with van der Waals surface area (Å²) in [4.78, 5) is 12.0. The zero-order valence-electron chi connectivity index (χ0n) is 14.5. The summed E-state index contributed by atoms with van der Waals surface area (Å²) in [5.41, 5.74) is -0.0961. The summed E-state index contributed by atoms with van der Waals surface area (Å²) in [7, 11) is -3.71. The lowest BCUT2D eigenvalue weighted by Gasteiger charge is -2.15. The Labute approximate surface area is 165 Å². The van der Waals surface area contributed by atoms with Crippen LogP contribution in [0.1, 0.15) is 18.9 Å². The van der Waals surface area contributed by atoms with Crippen LogP contribution in [0.4, 0.5) is 8.78 Å². The number of nitrogens with one attached hydrogen (secondary N) is 2. The van der Waals surface area contributed by atoms with Gasteiger partial charge >= 0.3 is 0 Å². The van der Waals surface area contributed by atoms with Gasteiger partial charge in [-0.2, -0.15) is 0 Å². The van der Waals surface area contributed by atoms with Gasteiger partial charge < -0.3 is 5.32 Å². The molecule has 0 fully saturated rings. The van der Waals surface area contributed by atoms with Gasteiger partial charge in [-0.25, -0.2) is 21.9 Å². The molecule has 2 N–H and O–H groups in total. The number of rotatable bonds is 8. The maximum atomic E-state index is 13.6. The van der Waals surface area contributed by atoms with Crippen LogP contribution in [-0.2, 0) is 21.2 Å². The first-order chi connectivity index (χ1) is 12.7. The van der Waals surface area contributed by atoms with E-state index in [-0.39, 0.29) is 29.8 Å². The van der Waals surface area contributed by atoms with Crippen LogP contribution in [0.2, 0.25) is 0 Å². The molecule has 0 aliphatic heterocycles. The van der Waals surface area contributed by atoms with E-state index in [2.05, 4.69) is 26.0 Å². The first-order valence-electron chi connectivity index (χ1n) is 8.16. The van der Waals surface area contributed by atoms with Crippen LogP contribution in [0.25, 0.3) is 0 Å². The zero-order chi connectivity index (χ0) is 20.0. The van der Waals surface area contributed by atoms with E-state index in [0.29, 0.717) is 0 Å². The molecular formula is C18H19BrF2N2O3S. The summed E-state index contributed by atoms with van der Waals surface area (Å²) in [5.74, 6) is -1.76. The third kappa shape index (κ3) is 6.37. The number of benzene rings is 2. The Balaban J connectivity index is 1.83. The fraction of sp³-hybridized carbons (Fsp3) is 0.278. The Bertz CT molecular complexity index is 885.